The molecule has 0 heterocycles. The van der Waals surface area contributed by atoms with Gasteiger partial charge in [0.05, 0.1) is 0 Å². The van der Waals surface area contributed by atoms with Crippen LogP contribution in [0.25, 0.3) is 0 Å². The number of rotatable bonds is 5. The highest BCUT2D eigenvalue weighted by molar-refractivity contribution is 5.21. The lowest BCUT2D eigenvalue weighted by atomic mass is 9.77. The second-order valence-corrected chi connectivity index (χ2v) is 7.12. The molecular weight excluding hydrogens is 256 g/mol. The van der Waals surface area contributed by atoms with Crippen molar-refractivity contribution >= 4 is 0 Å². The first-order valence-electron chi connectivity index (χ1n) is 8.70. The highest BCUT2D eigenvalue weighted by atomic mass is 15.2. The lowest BCUT2D eigenvalue weighted by molar-refractivity contribution is 0.105. The van der Waals surface area contributed by atoms with Gasteiger partial charge >= 0.3 is 0 Å². The van der Waals surface area contributed by atoms with Crippen molar-refractivity contribution in [2.24, 2.45) is 5.92 Å². The first-order valence-corrected chi connectivity index (χ1v) is 8.70. The van der Waals surface area contributed by atoms with Crippen LogP contribution in [-0.2, 0) is 0 Å². The van der Waals surface area contributed by atoms with Gasteiger partial charge in [-0.3, -0.25) is 0 Å². The minimum Gasteiger partial charge on any atom is -0.315 e. The topological polar surface area (TPSA) is 15.3 Å². The summed E-state index contributed by atoms with van der Waals surface area (Å²) in [6.45, 7) is 1.30. The van der Waals surface area contributed by atoms with Gasteiger partial charge in [0.25, 0.3) is 0 Å². The SMILES string of the molecule is CNC1CCC(c2ccccc2)CC1N(C)CC1CCC1. The number of benzene rings is 1. The van der Waals surface area contributed by atoms with E-state index in [-0.39, 0.29) is 0 Å². The Hall–Kier alpha value is -0.860. The Morgan fingerprint density at radius 3 is 2.48 bits per heavy atom. The molecule has 1 aromatic carbocycles. The van der Waals surface area contributed by atoms with Crippen molar-refractivity contribution in [2.75, 3.05) is 20.6 Å². The smallest absolute Gasteiger partial charge is 0.0252 e. The predicted molar refractivity (Wildman–Crippen MR) is 89.6 cm³/mol. The van der Waals surface area contributed by atoms with Crippen molar-refractivity contribution in [3.63, 3.8) is 0 Å². The standard InChI is InChI=1S/C19H30N2/c1-20-18-12-11-17(16-9-4-3-5-10-16)13-19(18)21(2)14-15-7-6-8-15/h3-5,9-10,15,17-20H,6-8,11-14H2,1-2H3. The first-order chi connectivity index (χ1) is 10.3. The Morgan fingerprint density at radius 1 is 1.10 bits per heavy atom. The molecule has 116 valence electrons. The van der Waals surface area contributed by atoms with Crippen LogP contribution in [0.1, 0.15) is 50.0 Å². The zero-order valence-corrected chi connectivity index (χ0v) is 13.6. The molecule has 0 radical (unpaired) electrons. The Balaban J connectivity index is 1.66. The highest BCUT2D eigenvalue weighted by Gasteiger charge is 2.34. The lowest BCUT2D eigenvalue weighted by Crippen LogP contribution is -2.52. The largest absolute Gasteiger partial charge is 0.315 e. The monoisotopic (exact) mass is 286 g/mol. The van der Waals surface area contributed by atoms with E-state index in [0.29, 0.717) is 12.1 Å². The fourth-order valence-electron chi connectivity index (χ4n) is 4.22. The van der Waals surface area contributed by atoms with Crippen LogP contribution in [0.2, 0.25) is 0 Å². The lowest BCUT2D eigenvalue weighted by Gasteiger charge is -2.43. The van der Waals surface area contributed by atoms with Crippen molar-refractivity contribution in [3.05, 3.63) is 35.9 Å². The van der Waals surface area contributed by atoms with Gasteiger partial charge in [-0.05, 0) is 63.6 Å². The van der Waals surface area contributed by atoms with Crippen LogP contribution >= 0.6 is 0 Å². The third kappa shape index (κ3) is 3.49. The Morgan fingerprint density at radius 2 is 1.86 bits per heavy atom. The zero-order chi connectivity index (χ0) is 14.7. The fraction of sp³-hybridized carbons (Fsp3) is 0.684. The van der Waals surface area contributed by atoms with Crippen molar-refractivity contribution in [1.82, 2.24) is 10.2 Å². The van der Waals surface area contributed by atoms with Gasteiger partial charge in [0, 0.05) is 18.6 Å². The minimum atomic E-state index is 0.662. The molecule has 0 spiro atoms. The minimum absolute atomic E-state index is 0.662. The summed E-state index contributed by atoms with van der Waals surface area (Å²) < 4.78 is 0. The molecule has 3 atom stereocenters. The van der Waals surface area contributed by atoms with Crippen LogP contribution in [0, 0.1) is 5.92 Å². The molecule has 2 fully saturated rings. The second-order valence-electron chi connectivity index (χ2n) is 7.12. The van der Waals surface area contributed by atoms with Gasteiger partial charge in [0.15, 0.2) is 0 Å². The van der Waals surface area contributed by atoms with Gasteiger partial charge in [0.1, 0.15) is 0 Å². The van der Waals surface area contributed by atoms with E-state index in [4.69, 9.17) is 0 Å². The summed E-state index contributed by atoms with van der Waals surface area (Å²) in [6.07, 6.45) is 8.27. The molecule has 1 aromatic rings. The Bertz CT molecular complexity index is 426. The molecule has 0 bridgehead atoms. The van der Waals surface area contributed by atoms with Gasteiger partial charge in [-0.25, -0.2) is 0 Å². The number of likely N-dealkylation sites (N-methyl/N-ethyl adjacent to an activating group) is 2. The quantitative estimate of drug-likeness (QED) is 0.889. The third-order valence-corrected chi connectivity index (χ3v) is 5.80. The summed E-state index contributed by atoms with van der Waals surface area (Å²) in [5.74, 6) is 1.70. The van der Waals surface area contributed by atoms with Gasteiger partial charge in [-0.1, -0.05) is 36.8 Å². The maximum Gasteiger partial charge on any atom is 0.0252 e. The van der Waals surface area contributed by atoms with Gasteiger partial charge in [-0.2, -0.15) is 0 Å². The Labute approximate surface area is 129 Å². The molecule has 2 aliphatic rings. The van der Waals surface area contributed by atoms with E-state index in [2.05, 4.69) is 54.6 Å². The average Bonchev–Trinajstić information content (AvgIpc) is 2.51. The fourth-order valence-corrected chi connectivity index (χ4v) is 4.22. The summed E-state index contributed by atoms with van der Waals surface area (Å²) in [5, 5.41) is 3.57. The van der Waals surface area contributed by atoms with Crippen LogP contribution in [0.5, 0.6) is 0 Å². The molecule has 21 heavy (non-hydrogen) atoms. The summed E-state index contributed by atoms with van der Waals surface area (Å²) in [4.78, 5) is 2.65. The maximum atomic E-state index is 3.57. The number of hydrogen-bond donors (Lipinski definition) is 1. The van der Waals surface area contributed by atoms with E-state index in [9.17, 15) is 0 Å². The summed E-state index contributed by atoms with van der Waals surface area (Å²) in [5.41, 5.74) is 1.54. The van der Waals surface area contributed by atoms with E-state index in [1.54, 1.807) is 0 Å². The predicted octanol–water partition coefficient (Wildman–Crippen LogP) is 3.64. The molecule has 0 aliphatic heterocycles. The number of nitrogens with one attached hydrogen (secondary N) is 1. The van der Waals surface area contributed by atoms with E-state index >= 15 is 0 Å². The summed E-state index contributed by atoms with van der Waals surface area (Å²) in [6, 6.07) is 12.5. The molecule has 3 rings (SSSR count). The molecule has 2 heteroatoms. The van der Waals surface area contributed by atoms with Gasteiger partial charge in [-0.15, -0.1) is 0 Å². The van der Waals surface area contributed by atoms with Crippen LogP contribution in [0.15, 0.2) is 30.3 Å². The van der Waals surface area contributed by atoms with Crippen LogP contribution < -0.4 is 5.32 Å². The molecule has 0 saturated heterocycles. The van der Waals surface area contributed by atoms with Gasteiger partial charge in [0.2, 0.25) is 0 Å². The van der Waals surface area contributed by atoms with Crippen LogP contribution in [0.3, 0.4) is 0 Å². The Kier molecular flexibility index (Phi) is 4.97. The van der Waals surface area contributed by atoms with Crippen molar-refractivity contribution in [2.45, 2.75) is 56.5 Å². The van der Waals surface area contributed by atoms with E-state index < -0.39 is 0 Å². The molecule has 0 aromatic heterocycles. The van der Waals surface area contributed by atoms with E-state index in [0.717, 1.165) is 11.8 Å². The maximum absolute atomic E-state index is 3.57. The molecule has 2 nitrogen and oxygen atoms in total. The second kappa shape index (κ2) is 6.93. The van der Waals surface area contributed by atoms with Crippen molar-refractivity contribution in [3.8, 4) is 0 Å². The third-order valence-electron chi connectivity index (χ3n) is 5.80. The van der Waals surface area contributed by atoms with E-state index in [1.165, 1.54) is 50.6 Å². The molecular formula is C19H30N2. The molecule has 2 aliphatic carbocycles. The van der Waals surface area contributed by atoms with Crippen molar-refractivity contribution < 1.29 is 0 Å². The highest BCUT2D eigenvalue weighted by Crippen LogP contribution is 2.36. The number of nitrogens with zero attached hydrogens (tertiary/aromatic N) is 1. The van der Waals surface area contributed by atoms with E-state index in [1.807, 2.05) is 0 Å². The summed E-state index contributed by atoms with van der Waals surface area (Å²) in [7, 11) is 4.48. The molecule has 3 unspecified atom stereocenters. The van der Waals surface area contributed by atoms with Crippen LogP contribution in [0.4, 0.5) is 0 Å². The van der Waals surface area contributed by atoms with Crippen molar-refractivity contribution in [1.29, 1.82) is 0 Å². The molecule has 1 N–H and O–H groups in total. The molecule has 2 saturated carbocycles. The summed E-state index contributed by atoms with van der Waals surface area (Å²) >= 11 is 0. The zero-order valence-electron chi connectivity index (χ0n) is 13.6. The first kappa shape index (κ1) is 15.1. The van der Waals surface area contributed by atoms with Gasteiger partial charge < -0.3 is 10.2 Å². The van der Waals surface area contributed by atoms with Crippen LogP contribution in [-0.4, -0.2) is 37.6 Å². The molecule has 0 amide bonds. The normalized spacial score (nSPS) is 30.3. The average molecular weight is 286 g/mol. The number of hydrogen-bond acceptors (Lipinski definition) is 2.